The van der Waals surface area contributed by atoms with Gasteiger partial charge in [-0.15, -0.1) is 0 Å². The maximum absolute atomic E-state index is 8.78. The van der Waals surface area contributed by atoms with E-state index >= 15 is 0 Å². The summed E-state index contributed by atoms with van der Waals surface area (Å²) in [4.78, 5) is 0. The molecule has 0 heterocycles. The molecule has 0 radical (unpaired) electrons. The van der Waals surface area contributed by atoms with E-state index in [-0.39, 0.29) is 0 Å². The monoisotopic (exact) mass is 299 g/mol. The van der Waals surface area contributed by atoms with Gasteiger partial charge in [0.05, 0.1) is 0 Å². The molecule has 0 bridgehead atoms. The van der Waals surface area contributed by atoms with Gasteiger partial charge in [0.15, 0.2) is 0 Å². The third-order valence-electron chi connectivity index (χ3n) is 2.84. The topological polar surface area (TPSA) is 78.2 Å². The molecule has 1 atom stereocenters. The highest BCUT2D eigenvalue weighted by molar-refractivity contribution is 7.76. The van der Waals surface area contributed by atoms with Crippen molar-refractivity contribution in [1.29, 1.82) is 0 Å². The fraction of sp³-hybridized carbons (Fsp3) is 0. The van der Waals surface area contributed by atoms with Gasteiger partial charge >= 0.3 is 0 Å². The summed E-state index contributed by atoms with van der Waals surface area (Å²) in [6.45, 7) is 0. The van der Waals surface area contributed by atoms with Crippen LogP contribution in [0.5, 0.6) is 0 Å². The second kappa shape index (κ2) is 7.54. The molecule has 3 aromatic rings. The van der Waals surface area contributed by atoms with E-state index in [2.05, 4.69) is 65.1 Å². The molecule has 0 spiro atoms. The normalized spacial score (nSPS) is 11.3. The molecule has 3 N–H and O–H groups in total. The first-order valence-corrected chi connectivity index (χ1v) is 7.44. The van der Waals surface area contributed by atoms with Crippen molar-refractivity contribution in [2.75, 3.05) is 5.32 Å². The van der Waals surface area contributed by atoms with Crippen LogP contribution in [0.15, 0.2) is 72.8 Å². The SMILES string of the molecule is NS(=O)[O-].c1ccc(Nc2cccc3ccccc23)cc1. The van der Waals surface area contributed by atoms with Gasteiger partial charge in [0.1, 0.15) is 0 Å². The van der Waals surface area contributed by atoms with Crippen molar-refractivity contribution in [3.05, 3.63) is 72.8 Å². The van der Waals surface area contributed by atoms with E-state index in [0.29, 0.717) is 0 Å². The number of nitrogens with one attached hydrogen (secondary N) is 1. The fourth-order valence-electron chi connectivity index (χ4n) is 2.01. The predicted molar refractivity (Wildman–Crippen MR) is 86.8 cm³/mol. The number of nitrogens with two attached hydrogens (primary N) is 1. The van der Waals surface area contributed by atoms with Crippen LogP contribution in [0.4, 0.5) is 11.4 Å². The molecule has 3 rings (SSSR count). The Labute approximate surface area is 126 Å². The van der Waals surface area contributed by atoms with Gasteiger partial charge in [-0.3, -0.25) is 9.35 Å². The molecule has 1 unspecified atom stereocenters. The molecule has 3 aromatic carbocycles. The minimum atomic E-state index is -2.36. The Morgan fingerprint density at radius 1 is 0.857 bits per heavy atom. The van der Waals surface area contributed by atoms with Gasteiger partial charge in [0.25, 0.3) is 0 Å². The molecule has 0 aliphatic rings. The molecule has 108 valence electrons. The Balaban J connectivity index is 0.000000361. The van der Waals surface area contributed by atoms with Gasteiger partial charge in [0.2, 0.25) is 0 Å². The molecular weight excluding hydrogens is 284 g/mol. The molecule has 0 fully saturated rings. The lowest BCUT2D eigenvalue weighted by Crippen LogP contribution is -1.97. The number of anilines is 2. The van der Waals surface area contributed by atoms with E-state index in [0.717, 1.165) is 11.4 Å². The third kappa shape index (κ3) is 4.68. The lowest BCUT2D eigenvalue weighted by Gasteiger charge is -2.09. The Morgan fingerprint density at radius 3 is 2.14 bits per heavy atom. The molecule has 0 aliphatic carbocycles. The van der Waals surface area contributed by atoms with Crippen molar-refractivity contribution in [1.82, 2.24) is 0 Å². The van der Waals surface area contributed by atoms with Gasteiger partial charge in [-0.25, -0.2) is 0 Å². The Bertz CT molecular complexity index is 723. The highest BCUT2D eigenvalue weighted by Gasteiger charge is 1.99. The van der Waals surface area contributed by atoms with Crippen LogP contribution in [0.2, 0.25) is 0 Å². The van der Waals surface area contributed by atoms with Gasteiger partial charge in [-0.05, 0) is 23.6 Å². The van der Waals surface area contributed by atoms with Gasteiger partial charge in [-0.2, -0.15) is 0 Å². The van der Waals surface area contributed by atoms with E-state index in [1.54, 1.807) is 0 Å². The van der Waals surface area contributed by atoms with E-state index in [1.807, 2.05) is 18.2 Å². The Kier molecular flexibility index (Phi) is 5.45. The van der Waals surface area contributed by atoms with Crippen LogP contribution in [0.1, 0.15) is 0 Å². The smallest absolute Gasteiger partial charge is 0.0463 e. The van der Waals surface area contributed by atoms with Crippen LogP contribution >= 0.6 is 0 Å². The van der Waals surface area contributed by atoms with Crippen molar-refractivity contribution < 1.29 is 8.76 Å². The standard InChI is InChI=1S/C16H13N.H3NO2S/c1-2-9-14(10-3-1)17-16-12-6-8-13-7-4-5-11-15(13)16;1-4(2)3/h1-12,17H;1H2,(H,2,3)/p-1. The van der Waals surface area contributed by atoms with Crippen LogP contribution < -0.4 is 10.5 Å². The second-order valence-electron chi connectivity index (χ2n) is 4.28. The zero-order valence-electron chi connectivity index (χ0n) is 11.2. The average molecular weight is 299 g/mol. The van der Waals surface area contributed by atoms with Crippen LogP contribution in [-0.4, -0.2) is 8.76 Å². The summed E-state index contributed by atoms with van der Waals surface area (Å²) in [6.07, 6.45) is 0. The van der Waals surface area contributed by atoms with Crippen LogP contribution in [0, 0.1) is 0 Å². The van der Waals surface area contributed by atoms with E-state index in [1.165, 1.54) is 10.8 Å². The predicted octanol–water partition coefficient (Wildman–Crippen LogP) is 3.32. The van der Waals surface area contributed by atoms with E-state index in [9.17, 15) is 0 Å². The highest BCUT2D eigenvalue weighted by Crippen LogP contribution is 2.25. The van der Waals surface area contributed by atoms with E-state index in [4.69, 9.17) is 8.76 Å². The number of fused-ring (bicyclic) bond motifs is 1. The first kappa shape index (κ1) is 15.2. The molecule has 0 saturated carbocycles. The molecule has 0 aromatic heterocycles. The van der Waals surface area contributed by atoms with Crippen molar-refractivity contribution in [3.63, 3.8) is 0 Å². The molecule has 0 amide bonds. The fourth-order valence-corrected chi connectivity index (χ4v) is 2.01. The third-order valence-corrected chi connectivity index (χ3v) is 2.84. The summed E-state index contributed by atoms with van der Waals surface area (Å²) in [5.74, 6) is 0. The van der Waals surface area contributed by atoms with Crippen LogP contribution in [-0.2, 0) is 11.3 Å². The van der Waals surface area contributed by atoms with Crippen molar-refractivity contribution in [2.24, 2.45) is 5.14 Å². The summed E-state index contributed by atoms with van der Waals surface area (Å²) in [7, 11) is 0. The maximum Gasteiger partial charge on any atom is 0.0463 e. The molecule has 5 heteroatoms. The lowest BCUT2D eigenvalue weighted by atomic mass is 10.1. The number of para-hydroxylation sites is 1. The quantitative estimate of drug-likeness (QED) is 0.712. The van der Waals surface area contributed by atoms with Gasteiger partial charge < -0.3 is 9.87 Å². The first-order valence-electron chi connectivity index (χ1n) is 6.30. The van der Waals surface area contributed by atoms with Crippen LogP contribution in [0.3, 0.4) is 0 Å². The van der Waals surface area contributed by atoms with Crippen molar-refractivity contribution >= 4 is 33.4 Å². The van der Waals surface area contributed by atoms with Crippen molar-refractivity contribution in [3.8, 4) is 0 Å². The minimum Gasteiger partial charge on any atom is -0.760 e. The van der Waals surface area contributed by atoms with Crippen molar-refractivity contribution in [2.45, 2.75) is 0 Å². The minimum absolute atomic E-state index is 1.11. The van der Waals surface area contributed by atoms with Gasteiger partial charge in [0, 0.05) is 28.0 Å². The maximum atomic E-state index is 8.78. The number of rotatable bonds is 2. The number of hydrogen-bond acceptors (Lipinski definition) is 3. The van der Waals surface area contributed by atoms with Gasteiger partial charge in [-0.1, -0.05) is 54.6 Å². The highest BCUT2D eigenvalue weighted by atomic mass is 32.2. The summed E-state index contributed by atoms with van der Waals surface area (Å²) in [6, 6.07) is 25.0. The molecule has 4 nitrogen and oxygen atoms in total. The first-order chi connectivity index (χ1) is 10.2. The van der Waals surface area contributed by atoms with Crippen LogP contribution in [0.25, 0.3) is 10.8 Å². The molecule has 21 heavy (non-hydrogen) atoms. The molecule has 0 aliphatic heterocycles. The summed E-state index contributed by atoms with van der Waals surface area (Å²) in [5, 5.41) is 9.98. The zero-order valence-corrected chi connectivity index (χ0v) is 12.0. The summed E-state index contributed by atoms with van der Waals surface area (Å²) < 4.78 is 17.6. The Hall–Kier alpha value is -2.21. The second-order valence-corrected chi connectivity index (χ2v) is 4.80. The summed E-state index contributed by atoms with van der Waals surface area (Å²) >= 11 is -2.36. The Morgan fingerprint density at radius 2 is 1.43 bits per heavy atom. The molecular formula is C16H15N2O2S-. The molecule has 0 saturated heterocycles. The summed E-state index contributed by atoms with van der Waals surface area (Å²) in [5.41, 5.74) is 2.26. The average Bonchev–Trinajstić information content (AvgIpc) is 2.48. The van der Waals surface area contributed by atoms with E-state index < -0.39 is 11.3 Å². The number of hydrogen-bond donors (Lipinski definition) is 2. The zero-order chi connectivity index (χ0) is 15.1. The number of benzene rings is 3. The largest absolute Gasteiger partial charge is 0.760 e. The lowest BCUT2D eigenvalue weighted by molar-refractivity contribution is 0.539.